The second-order valence-corrected chi connectivity index (χ2v) is 16.8. The number of hydrogen-bond donors (Lipinski definition) is 0. The molecule has 0 aromatic rings. The molecule has 1 unspecified atom stereocenters. The Bertz CT molecular complexity index is 1280. The minimum atomic E-state index is -0.821. The van der Waals surface area contributed by atoms with Crippen LogP contribution in [0.1, 0.15) is 226 Å². The number of carbonyl (C=O) groups excluding carboxylic acids is 3. The maximum absolute atomic E-state index is 12.8. The normalized spacial score (nSPS) is 12.9. The smallest absolute Gasteiger partial charge is 0.306 e. The van der Waals surface area contributed by atoms with Crippen molar-refractivity contribution in [3.63, 3.8) is 0 Å². The first kappa shape index (κ1) is 59.3. The summed E-state index contributed by atoms with van der Waals surface area (Å²) < 4.78 is 16.7. The van der Waals surface area contributed by atoms with Crippen molar-refractivity contribution in [3.8, 4) is 0 Å². The molecule has 0 aromatic carbocycles. The Kier molecular flexibility index (Phi) is 48.0. The Morgan fingerprint density at radius 3 is 1.11 bits per heavy atom. The van der Waals surface area contributed by atoms with Crippen LogP contribution in [0.5, 0.6) is 0 Å². The Balaban J connectivity index is 4.51. The van der Waals surface area contributed by atoms with Gasteiger partial charge in [0.1, 0.15) is 13.2 Å². The Morgan fingerprint density at radius 1 is 0.333 bits per heavy atom. The molecule has 0 heterocycles. The van der Waals surface area contributed by atoms with Gasteiger partial charge in [-0.2, -0.15) is 0 Å². The zero-order chi connectivity index (χ0) is 45.8. The van der Waals surface area contributed by atoms with Gasteiger partial charge in [-0.3, -0.25) is 14.4 Å². The Morgan fingerprint density at radius 2 is 0.651 bits per heavy atom. The molecule has 63 heavy (non-hydrogen) atoms. The minimum absolute atomic E-state index is 0.115. The van der Waals surface area contributed by atoms with E-state index in [9.17, 15) is 14.4 Å². The fourth-order valence-electron chi connectivity index (χ4n) is 6.81. The van der Waals surface area contributed by atoms with E-state index in [-0.39, 0.29) is 44.0 Å². The van der Waals surface area contributed by atoms with E-state index in [0.717, 1.165) is 83.5 Å². The highest BCUT2D eigenvalue weighted by atomic mass is 16.6. The summed E-state index contributed by atoms with van der Waals surface area (Å²) in [5.74, 6) is -1.03. The second kappa shape index (κ2) is 51.0. The molecule has 0 aliphatic rings. The molecule has 0 saturated carbocycles. The zero-order valence-corrected chi connectivity index (χ0v) is 40.8. The van der Waals surface area contributed by atoms with Crippen LogP contribution in [0.3, 0.4) is 0 Å². The Hall–Kier alpha value is -3.67. The molecule has 0 amide bonds. The van der Waals surface area contributed by atoms with E-state index in [4.69, 9.17) is 14.2 Å². The second-order valence-electron chi connectivity index (χ2n) is 16.8. The molecule has 0 N–H and O–H groups in total. The van der Waals surface area contributed by atoms with Crippen LogP contribution in [0.15, 0.2) is 97.2 Å². The molecule has 0 aliphatic carbocycles. The van der Waals surface area contributed by atoms with Crippen molar-refractivity contribution in [2.24, 2.45) is 0 Å². The van der Waals surface area contributed by atoms with E-state index in [1.165, 1.54) is 96.3 Å². The summed E-state index contributed by atoms with van der Waals surface area (Å²) >= 11 is 0. The summed E-state index contributed by atoms with van der Waals surface area (Å²) in [6.07, 6.45) is 66.9. The summed E-state index contributed by atoms with van der Waals surface area (Å²) in [4.78, 5) is 37.9. The maximum atomic E-state index is 12.8. The van der Waals surface area contributed by atoms with E-state index < -0.39 is 6.10 Å². The van der Waals surface area contributed by atoms with Gasteiger partial charge < -0.3 is 14.2 Å². The van der Waals surface area contributed by atoms with Gasteiger partial charge in [0.15, 0.2) is 6.10 Å². The van der Waals surface area contributed by atoms with Crippen LogP contribution in [0.25, 0.3) is 0 Å². The zero-order valence-electron chi connectivity index (χ0n) is 40.8. The average Bonchev–Trinajstić information content (AvgIpc) is 3.28. The highest BCUT2D eigenvalue weighted by Crippen LogP contribution is 2.13. The first-order valence-electron chi connectivity index (χ1n) is 25.8. The third kappa shape index (κ3) is 49.2. The van der Waals surface area contributed by atoms with Gasteiger partial charge in [0, 0.05) is 19.3 Å². The summed E-state index contributed by atoms with van der Waals surface area (Å²) in [6, 6.07) is 0. The summed E-state index contributed by atoms with van der Waals surface area (Å²) in [5.41, 5.74) is 0. The maximum Gasteiger partial charge on any atom is 0.306 e. The topological polar surface area (TPSA) is 78.9 Å². The van der Waals surface area contributed by atoms with Gasteiger partial charge in [-0.25, -0.2) is 0 Å². The van der Waals surface area contributed by atoms with Crippen LogP contribution in [-0.4, -0.2) is 37.2 Å². The summed E-state index contributed by atoms with van der Waals surface area (Å²) in [6.45, 7) is 6.38. The van der Waals surface area contributed by atoms with Gasteiger partial charge in [0.2, 0.25) is 0 Å². The quantitative estimate of drug-likeness (QED) is 0.0199. The van der Waals surface area contributed by atoms with Crippen LogP contribution < -0.4 is 0 Å². The molecule has 0 saturated heterocycles. The monoisotopic (exact) mass is 875 g/mol. The number of hydrogen-bond acceptors (Lipinski definition) is 6. The van der Waals surface area contributed by atoms with Crippen LogP contribution in [0.4, 0.5) is 0 Å². The van der Waals surface area contributed by atoms with Crippen molar-refractivity contribution in [1.82, 2.24) is 0 Å². The predicted octanol–water partition coefficient (Wildman–Crippen LogP) is 17.0. The number of rotatable bonds is 45. The first-order valence-corrected chi connectivity index (χ1v) is 25.8. The van der Waals surface area contributed by atoms with Gasteiger partial charge in [-0.1, -0.05) is 221 Å². The average molecular weight is 875 g/mol. The SMILES string of the molecule is CC\C=C/C=C\C=C/C=C\C=C/CCCC(=O)OCC(COC(=O)CCCCCCC/C=C\C=C/CCCCCCCCC)OC(=O)CCCCC/C=C\CCCCCCCCC. The van der Waals surface area contributed by atoms with E-state index in [1.54, 1.807) is 0 Å². The van der Waals surface area contributed by atoms with Crippen molar-refractivity contribution < 1.29 is 28.6 Å². The Labute approximate surface area is 387 Å². The molecule has 0 bridgehead atoms. The summed E-state index contributed by atoms with van der Waals surface area (Å²) in [5, 5.41) is 0. The molecule has 358 valence electrons. The third-order valence-electron chi connectivity index (χ3n) is 10.7. The fraction of sp³-hybridized carbons (Fsp3) is 0.667. The van der Waals surface area contributed by atoms with Crippen molar-refractivity contribution >= 4 is 17.9 Å². The third-order valence-corrected chi connectivity index (χ3v) is 10.7. The van der Waals surface area contributed by atoms with Crippen molar-refractivity contribution in [2.45, 2.75) is 232 Å². The molecule has 6 heteroatoms. The lowest BCUT2D eigenvalue weighted by atomic mass is 10.1. The van der Waals surface area contributed by atoms with Crippen LogP contribution in [-0.2, 0) is 28.6 Å². The van der Waals surface area contributed by atoms with Crippen molar-refractivity contribution in [1.29, 1.82) is 0 Å². The van der Waals surface area contributed by atoms with Crippen LogP contribution in [0, 0.1) is 0 Å². The van der Waals surface area contributed by atoms with Gasteiger partial charge >= 0.3 is 17.9 Å². The highest BCUT2D eigenvalue weighted by molar-refractivity contribution is 5.71. The summed E-state index contributed by atoms with van der Waals surface area (Å²) in [7, 11) is 0. The lowest BCUT2D eigenvalue weighted by Crippen LogP contribution is -2.30. The van der Waals surface area contributed by atoms with E-state index in [2.05, 4.69) is 63.3 Å². The van der Waals surface area contributed by atoms with Crippen LogP contribution in [0.2, 0.25) is 0 Å². The molecular weight excluding hydrogens is 781 g/mol. The van der Waals surface area contributed by atoms with Gasteiger partial charge in [0.05, 0.1) is 0 Å². The predicted molar refractivity (Wildman–Crippen MR) is 270 cm³/mol. The number of carbonyl (C=O) groups is 3. The molecule has 0 fully saturated rings. The number of esters is 3. The molecule has 0 aliphatic heterocycles. The van der Waals surface area contributed by atoms with Crippen LogP contribution >= 0.6 is 0 Å². The fourth-order valence-corrected chi connectivity index (χ4v) is 6.81. The van der Waals surface area contributed by atoms with E-state index in [0.29, 0.717) is 12.8 Å². The molecule has 0 rings (SSSR count). The lowest BCUT2D eigenvalue weighted by molar-refractivity contribution is -0.167. The van der Waals surface area contributed by atoms with Gasteiger partial charge in [-0.05, 0) is 83.5 Å². The largest absolute Gasteiger partial charge is 0.462 e. The molecule has 1 atom stereocenters. The van der Waals surface area contributed by atoms with Crippen molar-refractivity contribution in [3.05, 3.63) is 97.2 Å². The van der Waals surface area contributed by atoms with E-state index >= 15 is 0 Å². The van der Waals surface area contributed by atoms with Gasteiger partial charge in [-0.15, -0.1) is 0 Å². The van der Waals surface area contributed by atoms with E-state index in [1.807, 2.05) is 54.7 Å². The molecule has 0 aromatic heterocycles. The number of allylic oxidation sites excluding steroid dienone is 16. The number of unbranched alkanes of at least 4 members (excludes halogenated alkanes) is 23. The highest BCUT2D eigenvalue weighted by Gasteiger charge is 2.19. The molecule has 0 spiro atoms. The minimum Gasteiger partial charge on any atom is -0.462 e. The molecular formula is C57H94O6. The van der Waals surface area contributed by atoms with Crippen molar-refractivity contribution in [2.75, 3.05) is 13.2 Å². The standard InChI is InChI=1S/C57H94O6/c1-4-7-10-13-16-19-22-25-27-28-29-30-33-35-38-41-44-47-50-56(59)62-53-54(52-61-55(58)49-46-43-40-37-34-31-24-21-18-15-12-9-6-3)63-57(60)51-48-45-42-39-36-32-26-23-20-17-14-11-8-5-2/h9,12,15,18,21,24,27-32,34,36-37,40,54H,4-8,10-11,13-14,16-17,19-20,22-23,25-26,33,35,38-39,41-53H2,1-3H3/b12-9-,18-15-,24-21-,28-27-,30-29-,34-31-,36-32-,40-37-. The first-order chi connectivity index (χ1) is 31.0. The number of ether oxygens (including phenoxy) is 3. The van der Waals surface area contributed by atoms with Gasteiger partial charge in [0.25, 0.3) is 0 Å². The molecule has 0 radical (unpaired) electrons. The lowest BCUT2D eigenvalue weighted by Gasteiger charge is -2.18. The molecule has 6 nitrogen and oxygen atoms in total.